The molecule has 2 aromatic carbocycles. The number of nitrogens with zero attached hydrogens (tertiary/aromatic N) is 1. The van der Waals surface area contributed by atoms with Gasteiger partial charge in [0.15, 0.2) is 5.78 Å². The highest BCUT2D eigenvalue weighted by atomic mass is 32.1. The fourth-order valence-electron chi connectivity index (χ4n) is 3.01. The molecule has 4 aromatic rings. The van der Waals surface area contributed by atoms with E-state index in [1.165, 1.54) is 16.7 Å². The van der Waals surface area contributed by atoms with E-state index in [9.17, 15) is 19.5 Å². The van der Waals surface area contributed by atoms with E-state index < -0.39 is 5.97 Å². The van der Waals surface area contributed by atoms with Crippen molar-refractivity contribution in [3.8, 4) is 5.69 Å². The molecule has 0 spiro atoms. The zero-order valence-electron chi connectivity index (χ0n) is 14.0. The highest BCUT2D eigenvalue weighted by Crippen LogP contribution is 2.33. The lowest BCUT2D eigenvalue weighted by Crippen LogP contribution is -2.16. The van der Waals surface area contributed by atoms with Gasteiger partial charge >= 0.3 is 5.97 Å². The average molecular weight is 375 g/mol. The third-order valence-corrected chi connectivity index (χ3v) is 5.39. The SMILES string of the molecule is O=C(O)c1sc2c(ccc(=O)n2-c2ccccc2)c1C(=O)c1ccccc1. The first-order chi connectivity index (χ1) is 13.1. The molecule has 5 nitrogen and oxygen atoms in total. The van der Waals surface area contributed by atoms with E-state index in [-0.39, 0.29) is 21.8 Å². The second-order valence-corrected chi connectivity index (χ2v) is 6.87. The minimum absolute atomic E-state index is 0.0749. The highest BCUT2D eigenvalue weighted by molar-refractivity contribution is 7.21. The summed E-state index contributed by atoms with van der Waals surface area (Å²) >= 11 is 0.933. The molecule has 0 radical (unpaired) electrons. The molecular formula is C21H13NO4S. The van der Waals surface area contributed by atoms with Crippen LogP contribution in [0.15, 0.2) is 77.6 Å². The summed E-state index contributed by atoms with van der Waals surface area (Å²) in [5, 5.41) is 10.1. The first kappa shape index (κ1) is 16.9. The summed E-state index contributed by atoms with van der Waals surface area (Å²) in [6.45, 7) is 0. The van der Waals surface area contributed by atoms with Gasteiger partial charge in [0.25, 0.3) is 5.56 Å². The molecule has 0 aliphatic carbocycles. The molecule has 0 atom stereocenters. The van der Waals surface area contributed by atoms with E-state index in [0.29, 0.717) is 21.5 Å². The fourth-order valence-corrected chi connectivity index (χ4v) is 4.17. The molecule has 0 amide bonds. The van der Waals surface area contributed by atoms with E-state index in [1.807, 2.05) is 6.07 Å². The van der Waals surface area contributed by atoms with Crippen molar-refractivity contribution >= 4 is 33.3 Å². The molecular weight excluding hydrogens is 362 g/mol. The second-order valence-electron chi connectivity index (χ2n) is 5.87. The third-order valence-electron chi connectivity index (χ3n) is 4.21. The normalized spacial score (nSPS) is 10.8. The minimum atomic E-state index is -1.19. The topological polar surface area (TPSA) is 76.4 Å². The molecule has 1 N–H and O–H groups in total. The van der Waals surface area contributed by atoms with Gasteiger partial charge in [-0.1, -0.05) is 48.5 Å². The summed E-state index contributed by atoms with van der Waals surface area (Å²) in [5.41, 5.74) is 0.839. The van der Waals surface area contributed by atoms with Crippen molar-refractivity contribution in [1.82, 2.24) is 4.57 Å². The van der Waals surface area contributed by atoms with Crippen LogP contribution >= 0.6 is 11.3 Å². The van der Waals surface area contributed by atoms with Crippen molar-refractivity contribution in [2.75, 3.05) is 0 Å². The van der Waals surface area contributed by atoms with Gasteiger partial charge in [0.2, 0.25) is 0 Å². The maximum Gasteiger partial charge on any atom is 0.346 e. The van der Waals surface area contributed by atoms with Crippen LogP contribution in [0.1, 0.15) is 25.6 Å². The number of pyridine rings is 1. The second kappa shape index (κ2) is 6.66. The van der Waals surface area contributed by atoms with Gasteiger partial charge in [-0.2, -0.15) is 0 Å². The largest absolute Gasteiger partial charge is 0.477 e. The molecule has 132 valence electrons. The Bertz CT molecular complexity index is 1220. The van der Waals surface area contributed by atoms with Crippen molar-refractivity contribution in [3.63, 3.8) is 0 Å². The van der Waals surface area contributed by atoms with Crippen molar-refractivity contribution < 1.29 is 14.7 Å². The molecule has 2 aromatic heterocycles. The lowest BCUT2D eigenvalue weighted by molar-refractivity contribution is 0.0698. The number of carbonyl (C=O) groups is 2. The first-order valence-electron chi connectivity index (χ1n) is 8.15. The van der Waals surface area contributed by atoms with Crippen LogP contribution in [0.5, 0.6) is 0 Å². The quantitative estimate of drug-likeness (QED) is 0.548. The fraction of sp³-hybridized carbons (Fsp3) is 0. The number of benzene rings is 2. The van der Waals surface area contributed by atoms with Gasteiger partial charge in [-0.15, -0.1) is 11.3 Å². The van der Waals surface area contributed by atoms with Gasteiger partial charge in [0.05, 0.1) is 11.3 Å². The number of rotatable bonds is 4. The number of fused-ring (bicyclic) bond motifs is 1. The van der Waals surface area contributed by atoms with E-state index in [1.54, 1.807) is 54.6 Å². The van der Waals surface area contributed by atoms with Gasteiger partial charge < -0.3 is 5.11 Å². The van der Waals surface area contributed by atoms with Crippen LogP contribution in [0.3, 0.4) is 0 Å². The number of thiophene rings is 1. The summed E-state index contributed by atoms with van der Waals surface area (Å²) in [6, 6.07) is 20.3. The predicted molar refractivity (Wildman–Crippen MR) is 104 cm³/mol. The van der Waals surface area contributed by atoms with Gasteiger partial charge in [-0.3, -0.25) is 14.2 Å². The molecule has 0 aliphatic heterocycles. The van der Waals surface area contributed by atoms with Crippen LogP contribution < -0.4 is 5.56 Å². The maximum absolute atomic E-state index is 13.0. The number of carboxylic acids is 1. The van der Waals surface area contributed by atoms with E-state index >= 15 is 0 Å². The molecule has 27 heavy (non-hydrogen) atoms. The molecule has 0 bridgehead atoms. The maximum atomic E-state index is 13.0. The molecule has 0 unspecified atom stereocenters. The molecule has 6 heteroatoms. The van der Waals surface area contributed by atoms with Crippen LogP contribution in [0.4, 0.5) is 0 Å². The number of carboxylic acid groups (broad SMARTS) is 1. The smallest absolute Gasteiger partial charge is 0.346 e. The summed E-state index contributed by atoms with van der Waals surface area (Å²) in [7, 11) is 0. The monoisotopic (exact) mass is 375 g/mol. The standard InChI is InChI=1S/C21H13NO4S/c23-16-12-11-15-17(18(24)13-7-3-1-4-8-13)19(21(25)26)27-20(15)22(16)14-9-5-2-6-10-14/h1-12H,(H,25,26). The van der Waals surface area contributed by atoms with E-state index in [2.05, 4.69) is 0 Å². The summed E-state index contributed by atoms with van der Waals surface area (Å²) in [4.78, 5) is 37.7. The lowest BCUT2D eigenvalue weighted by atomic mass is 10.0. The Morgan fingerprint density at radius 3 is 2.11 bits per heavy atom. The number of hydrogen-bond donors (Lipinski definition) is 1. The molecule has 0 saturated carbocycles. The zero-order chi connectivity index (χ0) is 19.0. The molecule has 0 aliphatic rings. The Morgan fingerprint density at radius 1 is 0.852 bits per heavy atom. The van der Waals surface area contributed by atoms with Gasteiger partial charge in [-0.05, 0) is 18.2 Å². The van der Waals surface area contributed by atoms with Crippen molar-refractivity contribution in [2.24, 2.45) is 0 Å². The van der Waals surface area contributed by atoms with Crippen molar-refractivity contribution in [3.05, 3.63) is 99.2 Å². The van der Waals surface area contributed by atoms with Crippen LogP contribution in [-0.2, 0) is 0 Å². The van der Waals surface area contributed by atoms with Gasteiger partial charge in [0.1, 0.15) is 9.71 Å². The number of carbonyl (C=O) groups excluding carboxylic acids is 1. The number of hydrogen-bond acceptors (Lipinski definition) is 4. The van der Waals surface area contributed by atoms with Crippen LogP contribution in [0, 0.1) is 0 Å². The van der Waals surface area contributed by atoms with Crippen LogP contribution in [-0.4, -0.2) is 21.4 Å². The summed E-state index contributed by atoms with van der Waals surface area (Å²) < 4.78 is 1.44. The van der Waals surface area contributed by atoms with Gasteiger partial charge in [0, 0.05) is 17.0 Å². The summed E-state index contributed by atoms with van der Waals surface area (Å²) in [6.07, 6.45) is 0. The average Bonchev–Trinajstić information content (AvgIpc) is 3.08. The van der Waals surface area contributed by atoms with Crippen molar-refractivity contribution in [1.29, 1.82) is 0 Å². The molecule has 0 fully saturated rings. The Kier molecular flexibility index (Phi) is 4.18. The van der Waals surface area contributed by atoms with E-state index in [4.69, 9.17) is 0 Å². The summed E-state index contributed by atoms with van der Waals surface area (Å²) in [5.74, 6) is -1.57. The Balaban J connectivity index is 2.06. The van der Waals surface area contributed by atoms with E-state index in [0.717, 1.165) is 11.3 Å². The van der Waals surface area contributed by atoms with Crippen molar-refractivity contribution in [2.45, 2.75) is 0 Å². The van der Waals surface area contributed by atoms with Crippen LogP contribution in [0.25, 0.3) is 15.9 Å². The number of aromatic nitrogens is 1. The number of para-hydroxylation sites is 1. The van der Waals surface area contributed by atoms with Crippen LogP contribution in [0.2, 0.25) is 0 Å². The Hall–Kier alpha value is -3.51. The number of ketones is 1. The highest BCUT2D eigenvalue weighted by Gasteiger charge is 2.26. The lowest BCUT2D eigenvalue weighted by Gasteiger charge is -2.07. The molecule has 2 heterocycles. The zero-order valence-corrected chi connectivity index (χ0v) is 14.8. The molecule has 4 rings (SSSR count). The van der Waals surface area contributed by atoms with Gasteiger partial charge in [-0.25, -0.2) is 4.79 Å². The minimum Gasteiger partial charge on any atom is -0.477 e. The predicted octanol–water partition coefficient (Wildman–Crippen LogP) is 3.98. The Morgan fingerprint density at radius 2 is 1.48 bits per heavy atom. The Labute approximate surface area is 157 Å². The molecule has 0 saturated heterocycles. The first-order valence-corrected chi connectivity index (χ1v) is 8.96. The third kappa shape index (κ3) is 2.86. The number of aromatic carboxylic acids is 1.